The fourth-order valence-corrected chi connectivity index (χ4v) is 3.27. The number of ether oxygens (including phenoxy) is 2. The van der Waals surface area contributed by atoms with Crippen LogP contribution in [0.5, 0.6) is 5.75 Å². The molecule has 128 valence electrons. The summed E-state index contributed by atoms with van der Waals surface area (Å²) < 4.78 is 30.4. The maximum Gasteiger partial charge on any atom is 0.229 e. The Bertz CT molecular complexity index is 715. The van der Waals surface area contributed by atoms with Gasteiger partial charge in [-0.25, -0.2) is 4.39 Å². The van der Waals surface area contributed by atoms with Gasteiger partial charge >= 0.3 is 0 Å². The summed E-state index contributed by atoms with van der Waals surface area (Å²) in [6.45, 7) is 4.51. The van der Waals surface area contributed by atoms with Crippen LogP contribution in [0.25, 0.3) is 0 Å². The highest BCUT2D eigenvalue weighted by Crippen LogP contribution is 2.36. The maximum atomic E-state index is 14.0. The molecule has 2 aliphatic rings. The number of anilines is 1. The number of hydrogen-bond acceptors (Lipinski definition) is 6. The van der Waals surface area contributed by atoms with E-state index in [1.807, 2.05) is 17.9 Å². The van der Waals surface area contributed by atoms with Crippen LogP contribution in [0, 0.1) is 5.82 Å². The third-order valence-corrected chi connectivity index (χ3v) is 4.47. The van der Waals surface area contributed by atoms with Gasteiger partial charge in [0.25, 0.3) is 0 Å². The summed E-state index contributed by atoms with van der Waals surface area (Å²) in [5.41, 5.74) is 0.727. The molecule has 0 unspecified atom stereocenters. The van der Waals surface area contributed by atoms with Crippen molar-refractivity contribution >= 4 is 5.69 Å². The van der Waals surface area contributed by atoms with Crippen LogP contribution in [0.2, 0.25) is 0 Å². The number of aromatic nitrogens is 2. The Balaban J connectivity index is 1.53. The van der Waals surface area contributed by atoms with E-state index in [1.165, 1.54) is 6.07 Å². The summed E-state index contributed by atoms with van der Waals surface area (Å²) in [5, 5.41) is 4.10. The summed E-state index contributed by atoms with van der Waals surface area (Å²) in [5.74, 6) is 1.51. The molecular formula is C17H20FN3O3. The summed E-state index contributed by atoms with van der Waals surface area (Å²) in [4.78, 5) is 6.57. The molecule has 0 N–H and O–H groups in total. The van der Waals surface area contributed by atoms with Gasteiger partial charge < -0.3 is 18.9 Å². The lowest BCUT2D eigenvalue weighted by atomic mass is 10.0. The third kappa shape index (κ3) is 2.96. The molecule has 0 radical (unpaired) electrons. The van der Waals surface area contributed by atoms with E-state index >= 15 is 0 Å². The van der Waals surface area contributed by atoms with Gasteiger partial charge in [0.05, 0.1) is 18.8 Å². The molecule has 0 saturated carbocycles. The van der Waals surface area contributed by atoms with Crippen molar-refractivity contribution in [1.29, 1.82) is 0 Å². The molecule has 6 nitrogen and oxygen atoms in total. The lowest BCUT2D eigenvalue weighted by Gasteiger charge is -2.34. The first-order chi connectivity index (χ1) is 11.7. The van der Waals surface area contributed by atoms with E-state index in [1.54, 1.807) is 6.07 Å². The van der Waals surface area contributed by atoms with Crippen LogP contribution in [0.4, 0.5) is 10.1 Å². The zero-order valence-electron chi connectivity index (χ0n) is 13.6. The molecule has 4 rings (SSSR count). The second-order valence-electron chi connectivity index (χ2n) is 6.33. The number of rotatable bonds is 3. The van der Waals surface area contributed by atoms with Crippen molar-refractivity contribution in [2.45, 2.75) is 38.3 Å². The predicted molar refractivity (Wildman–Crippen MR) is 84.6 cm³/mol. The van der Waals surface area contributed by atoms with Crippen molar-refractivity contribution in [3.05, 3.63) is 35.7 Å². The first-order valence-corrected chi connectivity index (χ1v) is 8.31. The Hall–Kier alpha value is -2.15. The molecule has 1 aromatic carbocycles. The average Bonchev–Trinajstić information content (AvgIpc) is 3.05. The lowest BCUT2D eigenvalue weighted by Crippen LogP contribution is -2.38. The number of fused-ring (bicyclic) bond motifs is 1. The van der Waals surface area contributed by atoms with Crippen LogP contribution >= 0.6 is 0 Å². The summed E-state index contributed by atoms with van der Waals surface area (Å²) in [7, 11) is 0. The van der Waals surface area contributed by atoms with Gasteiger partial charge in [0.15, 0.2) is 17.4 Å². The molecule has 1 fully saturated rings. The van der Waals surface area contributed by atoms with Gasteiger partial charge in [-0.15, -0.1) is 0 Å². The van der Waals surface area contributed by atoms with Gasteiger partial charge in [0.1, 0.15) is 6.10 Å². The van der Waals surface area contributed by atoms with Crippen molar-refractivity contribution in [1.82, 2.24) is 10.1 Å². The zero-order valence-corrected chi connectivity index (χ0v) is 13.6. The quantitative estimate of drug-likeness (QED) is 0.861. The van der Waals surface area contributed by atoms with E-state index in [-0.39, 0.29) is 17.8 Å². The first-order valence-electron chi connectivity index (χ1n) is 8.31. The molecular weight excluding hydrogens is 313 g/mol. The monoisotopic (exact) mass is 333 g/mol. The summed E-state index contributed by atoms with van der Waals surface area (Å²) >= 11 is 0. The number of benzene rings is 1. The smallest absolute Gasteiger partial charge is 0.229 e. The van der Waals surface area contributed by atoms with Gasteiger partial charge in [0, 0.05) is 19.1 Å². The Morgan fingerprint density at radius 1 is 1.29 bits per heavy atom. The maximum absolute atomic E-state index is 14.0. The largest absolute Gasteiger partial charge is 0.484 e. The number of nitrogens with zero attached hydrogens (tertiary/aromatic N) is 3. The number of hydrogen-bond donors (Lipinski definition) is 0. The van der Waals surface area contributed by atoms with Crippen molar-refractivity contribution in [2.75, 3.05) is 24.7 Å². The van der Waals surface area contributed by atoms with Crippen LogP contribution in [0.15, 0.2) is 22.7 Å². The molecule has 0 bridgehead atoms. The fourth-order valence-electron chi connectivity index (χ4n) is 3.27. The van der Waals surface area contributed by atoms with Crippen LogP contribution in [0.1, 0.15) is 37.4 Å². The van der Waals surface area contributed by atoms with E-state index in [4.69, 9.17) is 14.0 Å². The van der Waals surface area contributed by atoms with E-state index in [0.29, 0.717) is 30.6 Å². The molecule has 0 amide bonds. The average molecular weight is 333 g/mol. The minimum atomic E-state index is -0.347. The summed E-state index contributed by atoms with van der Waals surface area (Å²) in [6, 6.07) is 4.95. The van der Waals surface area contributed by atoms with Gasteiger partial charge in [-0.2, -0.15) is 4.98 Å². The molecule has 0 spiro atoms. The topological polar surface area (TPSA) is 60.6 Å². The van der Waals surface area contributed by atoms with Crippen molar-refractivity contribution in [3.8, 4) is 5.75 Å². The molecule has 1 saturated heterocycles. The van der Waals surface area contributed by atoms with E-state index in [9.17, 15) is 4.39 Å². The van der Waals surface area contributed by atoms with Crippen LogP contribution in [-0.2, 0) is 11.3 Å². The molecule has 24 heavy (non-hydrogen) atoms. The molecule has 2 aliphatic heterocycles. The van der Waals surface area contributed by atoms with Gasteiger partial charge in [-0.05, 0) is 31.9 Å². The first kappa shape index (κ1) is 15.4. The van der Waals surface area contributed by atoms with Crippen LogP contribution in [0.3, 0.4) is 0 Å². The minimum absolute atomic E-state index is 0.101. The molecule has 0 aliphatic carbocycles. The molecule has 7 heteroatoms. The van der Waals surface area contributed by atoms with Gasteiger partial charge in [0.2, 0.25) is 5.89 Å². The zero-order chi connectivity index (χ0) is 16.5. The van der Waals surface area contributed by atoms with Crippen molar-refractivity contribution in [3.63, 3.8) is 0 Å². The van der Waals surface area contributed by atoms with Crippen molar-refractivity contribution in [2.24, 2.45) is 0 Å². The molecule has 1 atom stereocenters. The van der Waals surface area contributed by atoms with Gasteiger partial charge in [-0.3, -0.25) is 0 Å². The highest BCUT2D eigenvalue weighted by molar-refractivity contribution is 5.60. The Labute approximate surface area is 139 Å². The lowest BCUT2D eigenvalue weighted by molar-refractivity contribution is 0.0778. The molecule has 3 heterocycles. The highest BCUT2D eigenvalue weighted by Gasteiger charge is 2.28. The predicted octanol–water partition coefficient (Wildman–Crippen LogP) is 2.89. The SMILES string of the molecule is C[C@H]1CN(Cc2noc(C3CCOCC3)n2)c2cccc(F)c2O1. The highest BCUT2D eigenvalue weighted by atomic mass is 19.1. The second kappa shape index (κ2) is 6.39. The number of para-hydroxylation sites is 1. The van der Waals surface area contributed by atoms with Gasteiger partial charge in [-0.1, -0.05) is 11.2 Å². The standard InChI is InChI=1S/C17H20FN3O3/c1-11-9-21(14-4-2-3-13(18)16(14)23-11)10-15-19-17(24-20-15)12-5-7-22-8-6-12/h2-4,11-12H,5-10H2,1H3/t11-/m0/s1. The van der Waals surface area contributed by atoms with Crippen LogP contribution < -0.4 is 9.64 Å². The second-order valence-corrected chi connectivity index (χ2v) is 6.33. The summed E-state index contributed by atoms with van der Waals surface area (Å²) in [6.07, 6.45) is 1.71. The molecule has 1 aromatic heterocycles. The normalized spacial score (nSPS) is 21.4. The Morgan fingerprint density at radius 2 is 2.12 bits per heavy atom. The minimum Gasteiger partial charge on any atom is -0.484 e. The fraction of sp³-hybridized carbons (Fsp3) is 0.529. The van der Waals surface area contributed by atoms with Crippen molar-refractivity contribution < 1.29 is 18.4 Å². The Kier molecular flexibility index (Phi) is 4.10. The Morgan fingerprint density at radius 3 is 2.96 bits per heavy atom. The third-order valence-electron chi connectivity index (χ3n) is 4.47. The van der Waals surface area contributed by atoms with Crippen LogP contribution in [-0.4, -0.2) is 36.0 Å². The van der Waals surface area contributed by atoms with E-state index < -0.39 is 0 Å². The van der Waals surface area contributed by atoms with E-state index in [0.717, 1.165) is 31.7 Å². The number of halogens is 1. The van der Waals surface area contributed by atoms with E-state index in [2.05, 4.69) is 10.1 Å². The molecule has 2 aromatic rings.